The van der Waals surface area contributed by atoms with Crippen LogP contribution in [-0.2, 0) is 14.3 Å². The lowest BCUT2D eigenvalue weighted by Crippen LogP contribution is -2.49. The van der Waals surface area contributed by atoms with Gasteiger partial charge in [-0.25, -0.2) is 4.79 Å². The van der Waals surface area contributed by atoms with Crippen molar-refractivity contribution >= 4 is 11.9 Å². The maximum atomic E-state index is 12.0. The second kappa shape index (κ2) is 7.33. The lowest BCUT2D eigenvalue weighted by atomic mass is 10.0. The van der Waals surface area contributed by atoms with E-state index in [-0.39, 0.29) is 17.9 Å². The van der Waals surface area contributed by atoms with Crippen molar-refractivity contribution in [3.63, 3.8) is 0 Å². The van der Waals surface area contributed by atoms with Crippen LogP contribution in [0.15, 0.2) is 0 Å². The highest BCUT2D eigenvalue weighted by atomic mass is 16.5. The minimum absolute atomic E-state index is 0.0174. The molecule has 104 valence electrons. The minimum Gasteiger partial charge on any atom is -0.480 e. The normalized spacial score (nSPS) is 24.8. The number of ether oxygens (including phenoxy) is 1. The predicted molar refractivity (Wildman–Crippen MR) is 66.2 cm³/mol. The first-order valence-corrected chi connectivity index (χ1v) is 6.44. The molecule has 6 nitrogen and oxygen atoms in total. The number of nitrogens with one attached hydrogen (secondary N) is 2. The molecule has 6 heteroatoms. The van der Waals surface area contributed by atoms with Gasteiger partial charge in [-0.2, -0.15) is 0 Å². The SMILES string of the molecule is CCCNC1COCC1C(=O)NC(CC)C(=O)O. The molecule has 0 saturated carbocycles. The third-order valence-corrected chi connectivity index (χ3v) is 3.10. The number of rotatable bonds is 7. The Hall–Kier alpha value is -1.14. The Labute approximate surface area is 107 Å². The number of carbonyl (C=O) groups excluding carboxylic acids is 1. The van der Waals surface area contributed by atoms with Gasteiger partial charge < -0.3 is 20.5 Å². The summed E-state index contributed by atoms with van der Waals surface area (Å²) in [5, 5.41) is 14.7. The molecule has 1 rings (SSSR count). The summed E-state index contributed by atoms with van der Waals surface area (Å²) in [5.41, 5.74) is 0. The van der Waals surface area contributed by atoms with Gasteiger partial charge in [0.15, 0.2) is 0 Å². The summed E-state index contributed by atoms with van der Waals surface area (Å²) in [4.78, 5) is 22.9. The first kappa shape index (κ1) is 14.9. The van der Waals surface area contributed by atoms with Crippen molar-refractivity contribution in [1.82, 2.24) is 10.6 Å². The molecule has 0 aromatic rings. The number of hydrogen-bond donors (Lipinski definition) is 3. The van der Waals surface area contributed by atoms with Gasteiger partial charge in [0, 0.05) is 6.04 Å². The van der Waals surface area contributed by atoms with Crippen LogP contribution in [0.25, 0.3) is 0 Å². The molecule has 1 aliphatic rings. The average molecular weight is 258 g/mol. The third kappa shape index (κ3) is 3.96. The van der Waals surface area contributed by atoms with Gasteiger partial charge >= 0.3 is 5.97 Å². The predicted octanol–water partition coefficient (Wildman–Crippen LogP) is -0.0196. The number of amides is 1. The maximum absolute atomic E-state index is 12.0. The van der Waals surface area contributed by atoms with Crippen molar-refractivity contribution in [2.24, 2.45) is 5.92 Å². The third-order valence-electron chi connectivity index (χ3n) is 3.10. The van der Waals surface area contributed by atoms with Crippen LogP contribution < -0.4 is 10.6 Å². The van der Waals surface area contributed by atoms with Crippen LogP contribution in [-0.4, -0.2) is 48.8 Å². The Morgan fingerprint density at radius 3 is 2.67 bits per heavy atom. The van der Waals surface area contributed by atoms with E-state index in [1.54, 1.807) is 6.92 Å². The Bertz CT molecular complexity index is 296. The van der Waals surface area contributed by atoms with Gasteiger partial charge in [-0.1, -0.05) is 13.8 Å². The second-order valence-corrected chi connectivity index (χ2v) is 4.51. The average Bonchev–Trinajstić information content (AvgIpc) is 2.80. The van der Waals surface area contributed by atoms with Crippen LogP contribution in [0.5, 0.6) is 0 Å². The fourth-order valence-corrected chi connectivity index (χ4v) is 1.96. The molecule has 1 amide bonds. The van der Waals surface area contributed by atoms with Crippen molar-refractivity contribution in [3.05, 3.63) is 0 Å². The van der Waals surface area contributed by atoms with E-state index in [4.69, 9.17) is 9.84 Å². The molecule has 1 heterocycles. The highest BCUT2D eigenvalue weighted by Crippen LogP contribution is 2.14. The fourth-order valence-electron chi connectivity index (χ4n) is 1.96. The van der Waals surface area contributed by atoms with E-state index in [9.17, 15) is 9.59 Å². The molecule has 1 saturated heterocycles. The summed E-state index contributed by atoms with van der Waals surface area (Å²) in [6.07, 6.45) is 1.36. The van der Waals surface area contributed by atoms with Gasteiger partial charge in [-0.3, -0.25) is 4.79 Å². The summed E-state index contributed by atoms with van der Waals surface area (Å²) in [5.74, 6) is -1.54. The Morgan fingerprint density at radius 1 is 1.39 bits per heavy atom. The van der Waals surface area contributed by atoms with Gasteiger partial charge in [0.1, 0.15) is 6.04 Å². The zero-order valence-corrected chi connectivity index (χ0v) is 10.9. The molecule has 0 aromatic carbocycles. The van der Waals surface area contributed by atoms with E-state index in [0.717, 1.165) is 13.0 Å². The zero-order valence-electron chi connectivity index (χ0n) is 10.9. The number of aliphatic carboxylic acids is 1. The maximum Gasteiger partial charge on any atom is 0.326 e. The largest absolute Gasteiger partial charge is 0.480 e. The number of hydrogen-bond acceptors (Lipinski definition) is 4. The summed E-state index contributed by atoms with van der Waals surface area (Å²) < 4.78 is 5.29. The standard InChI is InChI=1S/C12H22N2O4/c1-3-5-13-10-7-18-6-8(10)11(15)14-9(4-2)12(16)17/h8-10,13H,3-7H2,1-2H3,(H,14,15)(H,16,17). The molecule has 1 fully saturated rings. The monoisotopic (exact) mass is 258 g/mol. The van der Waals surface area contributed by atoms with Crippen molar-refractivity contribution in [1.29, 1.82) is 0 Å². The van der Waals surface area contributed by atoms with Crippen LogP contribution in [0, 0.1) is 5.92 Å². The van der Waals surface area contributed by atoms with Gasteiger partial charge in [0.25, 0.3) is 0 Å². The molecule has 18 heavy (non-hydrogen) atoms. The Morgan fingerprint density at radius 2 is 2.11 bits per heavy atom. The lowest BCUT2D eigenvalue weighted by molar-refractivity contribution is -0.142. The molecule has 0 aliphatic carbocycles. The van der Waals surface area contributed by atoms with Crippen LogP contribution in [0.2, 0.25) is 0 Å². The molecule has 3 N–H and O–H groups in total. The van der Waals surface area contributed by atoms with Crippen LogP contribution in [0.1, 0.15) is 26.7 Å². The van der Waals surface area contributed by atoms with Crippen LogP contribution in [0.4, 0.5) is 0 Å². The van der Waals surface area contributed by atoms with E-state index in [1.807, 2.05) is 0 Å². The first-order chi connectivity index (χ1) is 8.60. The number of carbonyl (C=O) groups is 2. The summed E-state index contributed by atoms with van der Waals surface area (Å²) in [6.45, 7) is 5.46. The Kier molecular flexibility index (Phi) is 6.07. The molecule has 0 bridgehead atoms. The summed E-state index contributed by atoms with van der Waals surface area (Å²) in [7, 11) is 0. The van der Waals surface area contributed by atoms with E-state index >= 15 is 0 Å². The molecule has 3 atom stereocenters. The zero-order chi connectivity index (χ0) is 13.5. The highest BCUT2D eigenvalue weighted by molar-refractivity contribution is 5.85. The molecular weight excluding hydrogens is 236 g/mol. The quantitative estimate of drug-likeness (QED) is 0.597. The number of carboxylic acid groups (broad SMARTS) is 1. The fraction of sp³-hybridized carbons (Fsp3) is 0.833. The van der Waals surface area contributed by atoms with Gasteiger partial charge in [-0.05, 0) is 19.4 Å². The molecule has 0 aromatic heterocycles. The second-order valence-electron chi connectivity index (χ2n) is 4.51. The van der Waals surface area contributed by atoms with Crippen molar-refractivity contribution in [2.45, 2.75) is 38.8 Å². The van der Waals surface area contributed by atoms with Crippen molar-refractivity contribution < 1.29 is 19.4 Å². The van der Waals surface area contributed by atoms with E-state index in [0.29, 0.717) is 19.6 Å². The van der Waals surface area contributed by atoms with Crippen molar-refractivity contribution in [2.75, 3.05) is 19.8 Å². The topological polar surface area (TPSA) is 87.7 Å². The van der Waals surface area contributed by atoms with E-state index < -0.39 is 12.0 Å². The number of carboxylic acids is 1. The molecule has 0 radical (unpaired) electrons. The van der Waals surface area contributed by atoms with E-state index in [1.165, 1.54) is 0 Å². The van der Waals surface area contributed by atoms with Gasteiger partial charge in [0.2, 0.25) is 5.91 Å². The molecule has 1 aliphatic heterocycles. The molecule has 3 unspecified atom stereocenters. The molecular formula is C12H22N2O4. The van der Waals surface area contributed by atoms with E-state index in [2.05, 4.69) is 17.6 Å². The van der Waals surface area contributed by atoms with Crippen LogP contribution >= 0.6 is 0 Å². The summed E-state index contributed by atoms with van der Waals surface area (Å²) >= 11 is 0. The smallest absolute Gasteiger partial charge is 0.326 e. The van der Waals surface area contributed by atoms with Gasteiger partial charge in [0.05, 0.1) is 19.1 Å². The van der Waals surface area contributed by atoms with Crippen molar-refractivity contribution in [3.8, 4) is 0 Å². The van der Waals surface area contributed by atoms with Gasteiger partial charge in [-0.15, -0.1) is 0 Å². The Balaban J connectivity index is 2.51. The lowest BCUT2D eigenvalue weighted by Gasteiger charge is -2.20. The minimum atomic E-state index is -0.997. The highest BCUT2D eigenvalue weighted by Gasteiger charge is 2.35. The summed E-state index contributed by atoms with van der Waals surface area (Å²) in [6, 6.07) is -0.832. The first-order valence-electron chi connectivity index (χ1n) is 6.44. The molecule has 0 spiro atoms. The van der Waals surface area contributed by atoms with Crippen LogP contribution in [0.3, 0.4) is 0 Å².